The summed E-state index contributed by atoms with van der Waals surface area (Å²) in [5.41, 5.74) is -0.0639. The van der Waals surface area contributed by atoms with Crippen LogP contribution in [0, 0.1) is 11.7 Å². The van der Waals surface area contributed by atoms with Gasteiger partial charge in [-0.25, -0.2) is 4.39 Å². The number of nitrogens with zero attached hydrogens (tertiary/aromatic N) is 2. The summed E-state index contributed by atoms with van der Waals surface area (Å²) >= 11 is 0. The lowest BCUT2D eigenvalue weighted by molar-refractivity contribution is -0.141. The van der Waals surface area contributed by atoms with Gasteiger partial charge in [0.15, 0.2) is 5.82 Å². The minimum absolute atomic E-state index is 0.0639. The lowest BCUT2D eigenvalue weighted by Gasteiger charge is -2.15. The SMILES string of the molecule is O=C(O)[C@H]1CCN(C(=O)c2ccncc2F)C1. The zero-order chi connectivity index (χ0) is 12.4. The molecule has 2 heterocycles. The molecule has 90 valence electrons. The first-order chi connectivity index (χ1) is 8.09. The van der Waals surface area contributed by atoms with Crippen LogP contribution in [0.4, 0.5) is 4.39 Å². The number of pyridine rings is 1. The minimum Gasteiger partial charge on any atom is -0.481 e. The third kappa shape index (κ3) is 2.25. The molecule has 1 N–H and O–H groups in total. The van der Waals surface area contributed by atoms with Crippen molar-refractivity contribution < 1.29 is 19.1 Å². The molecule has 6 heteroatoms. The van der Waals surface area contributed by atoms with Crippen LogP contribution in [0.1, 0.15) is 16.8 Å². The molecule has 0 bridgehead atoms. The highest BCUT2D eigenvalue weighted by atomic mass is 19.1. The van der Waals surface area contributed by atoms with Crippen LogP contribution in [0.5, 0.6) is 0 Å². The monoisotopic (exact) mass is 238 g/mol. The van der Waals surface area contributed by atoms with E-state index in [9.17, 15) is 14.0 Å². The highest BCUT2D eigenvalue weighted by molar-refractivity contribution is 5.94. The predicted molar refractivity (Wildman–Crippen MR) is 55.8 cm³/mol. The van der Waals surface area contributed by atoms with Crippen molar-refractivity contribution in [1.29, 1.82) is 0 Å². The van der Waals surface area contributed by atoms with Gasteiger partial charge in [-0.15, -0.1) is 0 Å². The van der Waals surface area contributed by atoms with Gasteiger partial charge in [0.05, 0.1) is 17.7 Å². The van der Waals surface area contributed by atoms with Crippen molar-refractivity contribution >= 4 is 11.9 Å². The van der Waals surface area contributed by atoms with Crippen molar-refractivity contribution in [1.82, 2.24) is 9.88 Å². The molecule has 0 aromatic carbocycles. The first-order valence-corrected chi connectivity index (χ1v) is 5.21. The van der Waals surface area contributed by atoms with Gasteiger partial charge in [0.2, 0.25) is 0 Å². The number of hydrogen-bond acceptors (Lipinski definition) is 3. The maximum Gasteiger partial charge on any atom is 0.308 e. The van der Waals surface area contributed by atoms with E-state index in [-0.39, 0.29) is 12.1 Å². The van der Waals surface area contributed by atoms with E-state index < -0.39 is 23.6 Å². The summed E-state index contributed by atoms with van der Waals surface area (Å²) < 4.78 is 13.3. The molecule has 5 nitrogen and oxygen atoms in total. The van der Waals surface area contributed by atoms with Gasteiger partial charge in [0, 0.05) is 19.3 Å². The molecule has 1 atom stereocenters. The number of carbonyl (C=O) groups is 2. The van der Waals surface area contributed by atoms with E-state index in [0.717, 1.165) is 6.20 Å². The van der Waals surface area contributed by atoms with E-state index in [2.05, 4.69) is 4.98 Å². The van der Waals surface area contributed by atoms with Crippen molar-refractivity contribution in [3.63, 3.8) is 0 Å². The molecule has 2 rings (SSSR count). The summed E-state index contributed by atoms with van der Waals surface area (Å²) in [6.07, 6.45) is 2.72. The van der Waals surface area contributed by atoms with Gasteiger partial charge in [-0.05, 0) is 12.5 Å². The van der Waals surface area contributed by atoms with Gasteiger partial charge >= 0.3 is 5.97 Å². The summed E-state index contributed by atoms with van der Waals surface area (Å²) in [7, 11) is 0. The molecule has 1 aliphatic heterocycles. The summed E-state index contributed by atoms with van der Waals surface area (Å²) in [6, 6.07) is 1.30. The Morgan fingerprint density at radius 2 is 2.29 bits per heavy atom. The molecule has 1 amide bonds. The van der Waals surface area contributed by atoms with Gasteiger partial charge in [0.1, 0.15) is 0 Å². The topological polar surface area (TPSA) is 70.5 Å². The highest BCUT2D eigenvalue weighted by Gasteiger charge is 2.32. The second-order valence-electron chi connectivity index (χ2n) is 3.93. The van der Waals surface area contributed by atoms with Crippen LogP contribution in [0.25, 0.3) is 0 Å². The second kappa shape index (κ2) is 4.48. The van der Waals surface area contributed by atoms with E-state index >= 15 is 0 Å². The Labute approximate surface area is 96.9 Å². The van der Waals surface area contributed by atoms with Crippen LogP contribution >= 0.6 is 0 Å². The molecule has 0 saturated carbocycles. The van der Waals surface area contributed by atoms with Gasteiger partial charge < -0.3 is 10.0 Å². The number of carbonyl (C=O) groups excluding carboxylic acids is 1. The molecular formula is C11H11FN2O3. The largest absolute Gasteiger partial charge is 0.481 e. The molecule has 1 fully saturated rings. The van der Waals surface area contributed by atoms with Crippen molar-refractivity contribution in [3.8, 4) is 0 Å². The number of hydrogen-bond donors (Lipinski definition) is 1. The van der Waals surface area contributed by atoms with E-state index in [1.165, 1.54) is 17.2 Å². The second-order valence-corrected chi connectivity index (χ2v) is 3.93. The molecule has 0 unspecified atom stereocenters. The molecule has 17 heavy (non-hydrogen) atoms. The zero-order valence-electron chi connectivity index (χ0n) is 8.97. The Morgan fingerprint density at radius 1 is 1.53 bits per heavy atom. The lowest BCUT2D eigenvalue weighted by Crippen LogP contribution is -2.30. The number of rotatable bonds is 2. The Morgan fingerprint density at radius 3 is 2.88 bits per heavy atom. The third-order valence-corrected chi connectivity index (χ3v) is 2.83. The minimum atomic E-state index is -0.921. The average molecular weight is 238 g/mol. The number of halogens is 1. The fourth-order valence-electron chi connectivity index (χ4n) is 1.87. The maximum absolute atomic E-state index is 13.3. The average Bonchev–Trinajstić information content (AvgIpc) is 2.78. The zero-order valence-corrected chi connectivity index (χ0v) is 8.97. The first kappa shape index (κ1) is 11.5. The fraction of sp³-hybridized carbons (Fsp3) is 0.364. The number of amides is 1. The molecule has 1 aromatic rings. The van der Waals surface area contributed by atoms with Crippen LogP contribution in [0.2, 0.25) is 0 Å². The molecule has 1 aromatic heterocycles. The van der Waals surface area contributed by atoms with Gasteiger partial charge in [0.25, 0.3) is 5.91 Å². The molecule has 0 spiro atoms. The van der Waals surface area contributed by atoms with Gasteiger partial charge in [-0.3, -0.25) is 14.6 Å². The van der Waals surface area contributed by atoms with Crippen LogP contribution in [-0.4, -0.2) is 40.0 Å². The Kier molecular flexibility index (Phi) is 3.03. The Bertz CT molecular complexity index is 464. The number of carboxylic acid groups (broad SMARTS) is 1. The number of likely N-dealkylation sites (tertiary alicyclic amines) is 1. The maximum atomic E-state index is 13.3. The molecule has 0 radical (unpaired) electrons. The number of aromatic nitrogens is 1. The van der Waals surface area contributed by atoms with Gasteiger partial charge in [-0.1, -0.05) is 0 Å². The molecule has 0 aliphatic carbocycles. The Balaban J connectivity index is 2.13. The van der Waals surface area contributed by atoms with E-state index in [0.29, 0.717) is 13.0 Å². The van der Waals surface area contributed by atoms with Crippen LogP contribution < -0.4 is 0 Å². The summed E-state index contributed by atoms with van der Waals surface area (Å²) in [6.45, 7) is 0.480. The summed E-state index contributed by atoms with van der Waals surface area (Å²) in [5, 5.41) is 8.82. The van der Waals surface area contributed by atoms with Crippen molar-refractivity contribution in [2.24, 2.45) is 5.92 Å². The quantitative estimate of drug-likeness (QED) is 0.826. The standard InChI is InChI=1S/C11H11FN2O3/c12-9-5-13-3-1-8(9)10(15)14-4-2-7(6-14)11(16)17/h1,3,5,7H,2,4,6H2,(H,16,17)/t7-/m0/s1. The lowest BCUT2D eigenvalue weighted by atomic mass is 10.1. The van der Waals surface area contributed by atoms with Crippen molar-refractivity contribution in [3.05, 3.63) is 29.8 Å². The van der Waals surface area contributed by atoms with Crippen molar-refractivity contribution in [2.45, 2.75) is 6.42 Å². The predicted octanol–water partition coefficient (Wildman–Crippen LogP) is 0.767. The fourth-order valence-corrected chi connectivity index (χ4v) is 1.87. The van der Waals surface area contributed by atoms with Crippen molar-refractivity contribution in [2.75, 3.05) is 13.1 Å². The van der Waals surface area contributed by atoms with Crippen LogP contribution in [0.15, 0.2) is 18.5 Å². The van der Waals surface area contributed by atoms with Crippen LogP contribution in [-0.2, 0) is 4.79 Å². The third-order valence-electron chi connectivity index (χ3n) is 2.83. The summed E-state index contributed by atoms with van der Waals surface area (Å²) in [4.78, 5) is 27.6. The number of aliphatic carboxylic acids is 1. The Hall–Kier alpha value is -1.98. The van der Waals surface area contributed by atoms with Gasteiger partial charge in [-0.2, -0.15) is 0 Å². The van der Waals surface area contributed by atoms with Crippen LogP contribution in [0.3, 0.4) is 0 Å². The highest BCUT2D eigenvalue weighted by Crippen LogP contribution is 2.19. The normalized spacial score (nSPS) is 19.4. The molecule has 1 aliphatic rings. The van der Waals surface area contributed by atoms with E-state index in [1.54, 1.807) is 0 Å². The number of carboxylic acids is 1. The summed E-state index contributed by atoms with van der Waals surface area (Å²) in [5.74, 6) is -2.63. The molecular weight excluding hydrogens is 227 g/mol. The first-order valence-electron chi connectivity index (χ1n) is 5.21. The smallest absolute Gasteiger partial charge is 0.308 e. The van der Waals surface area contributed by atoms with E-state index in [4.69, 9.17) is 5.11 Å². The van der Waals surface area contributed by atoms with E-state index in [1.807, 2.05) is 0 Å². The molecule has 1 saturated heterocycles.